The molecule has 1 aromatic heterocycles. The molecule has 0 bridgehead atoms. The minimum absolute atomic E-state index is 0.138. The fourth-order valence-corrected chi connectivity index (χ4v) is 5.44. The van der Waals surface area contributed by atoms with Crippen LogP contribution in [0.1, 0.15) is 25.8 Å². The second kappa shape index (κ2) is 13.2. The molecule has 0 unspecified atom stereocenters. The zero-order valence-corrected chi connectivity index (χ0v) is 20.2. The summed E-state index contributed by atoms with van der Waals surface area (Å²) in [6.07, 6.45) is 0.780. The number of likely N-dealkylation sites (N-methyl/N-ethyl adjacent to an activating group) is 1. The molecule has 2 aromatic rings. The van der Waals surface area contributed by atoms with Gasteiger partial charge in [-0.25, -0.2) is 5.48 Å². The number of rotatable bonds is 12. The van der Waals surface area contributed by atoms with Crippen molar-refractivity contribution in [2.45, 2.75) is 36.9 Å². The van der Waals surface area contributed by atoms with E-state index in [9.17, 15) is 19.6 Å². The van der Waals surface area contributed by atoms with Gasteiger partial charge in [0.25, 0.3) is 0 Å². The summed E-state index contributed by atoms with van der Waals surface area (Å²) >= 11 is 3.02. The second-order valence-electron chi connectivity index (χ2n) is 7.93. The van der Waals surface area contributed by atoms with E-state index >= 15 is 0 Å². The fourth-order valence-electron chi connectivity index (χ4n) is 3.45. The Morgan fingerprint density at radius 2 is 1.72 bits per heavy atom. The first-order valence-corrected chi connectivity index (χ1v) is 12.4. The van der Waals surface area contributed by atoms with E-state index in [2.05, 4.69) is 10.6 Å². The van der Waals surface area contributed by atoms with Crippen molar-refractivity contribution in [3.8, 4) is 0 Å². The SMILES string of the molecule is CNC(=O)[C@H](Cc1ccccc1)NC(=O)[C@@H](CC(C)C)[C@@H](CSc1cccs1)C(=O)NO. The molecule has 0 radical (unpaired) electrons. The van der Waals surface area contributed by atoms with E-state index in [-0.39, 0.29) is 17.7 Å². The molecule has 1 aromatic carbocycles. The first-order valence-electron chi connectivity index (χ1n) is 10.5. The van der Waals surface area contributed by atoms with Crippen molar-refractivity contribution < 1.29 is 19.6 Å². The minimum Gasteiger partial charge on any atom is -0.357 e. The van der Waals surface area contributed by atoms with Crippen LogP contribution < -0.4 is 16.1 Å². The molecular weight excluding hydrogens is 446 g/mol. The molecule has 7 nitrogen and oxygen atoms in total. The van der Waals surface area contributed by atoms with Crippen molar-refractivity contribution in [2.24, 2.45) is 17.8 Å². The monoisotopic (exact) mass is 477 g/mol. The molecular formula is C23H31N3O4S2. The number of hydrogen-bond donors (Lipinski definition) is 4. The highest BCUT2D eigenvalue weighted by Crippen LogP contribution is 2.31. The third-order valence-electron chi connectivity index (χ3n) is 5.06. The number of carbonyl (C=O) groups excluding carboxylic acids is 3. The van der Waals surface area contributed by atoms with Gasteiger partial charge in [0.2, 0.25) is 17.7 Å². The smallest absolute Gasteiger partial charge is 0.248 e. The van der Waals surface area contributed by atoms with Crippen LogP contribution >= 0.6 is 23.1 Å². The number of benzene rings is 1. The van der Waals surface area contributed by atoms with E-state index in [1.165, 1.54) is 18.8 Å². The van der Waals surface area contributed by atoms with Crippen LogP contribution in [0.15, 0.2) is 52.1 Å². The fraction of sp³-hybridized carbons (Fsp3) is 0.435. The maximum atomic E-state index is 13.4. The van der Waals surface area contributed by atoms with Gasteiger partial charge in [0.05, 0.1) is 16.0 Å². The lowest BCUT2D eigenvalue weighted by Crippen LogP contribution is -2.51. The van der Waals surface area contributed by atoms with E-state index in [4.69, 9.17) is 0 Å². The van der Waals surface area contributed by atoms with E-state index in [1.807, 2.05) is 61.7 Å². The summed E-state index contributed by atoms with van der Waals surface area (Å²) in [5.41, 5.74) is 2.64. The van der Waals surface area contributed by atoms with Gasteiger partial charge < -0.3 is 10.6 Å². The largest absolute Gasteiger partial charge is 0.357 e. The van der Waals surface area contributed by atoms with Crippen molar-refractivity contribution in [1.82, 2.24) is 16.1 Å². The molecule has 9 heteroatoms. The first-order chi connectivity index (χ1) is 15.3. The van der Waals surface area contributed by atoms with Gasteiger partial charge in [-0.1, -0.05) is 50.2 Å². The van der Waals surface area contributed by atoms with Crippen molar-refractivity contribution in [3.63, 3.8) is 0 Å². The molecule has 32 heavy (non-hydrogen) atoms. The van der Waals surface area contributed by atoms with Crippen LogP contribution in [-0.4, -0.2) is 41.8 Å². The molecule has 0 saturated carbocycles. The van der Waals surface area contributed by atoms with Gasteiger partial charge in [-0.15, -0.1) is 23.1 Å². The summed E-state index contributed by atoms with van der Waals surface area (Å²) in [6, 6.07) is 12.5. The number of hydrogen-bond acceptors (Lipinski definition) is 6. The molecule has 3 amide bonds. The Balaban J connectivity index is 2.23. The molecule has 0 aliphatic heterocycles. The molecule has 0 aliphatic carbocycles. The van der Waals surface area contributed by atoms with Gasteiger partial charge in [0.15, 0.2) is 0 Å². The van der Waals surface area contributed by atoms with Crippen LogP contribution in [0.5, 0.6) is 0 Å². The Kier molecular flexibility index (Phi) is 10.7. The molecule has 0 aliphatic rings. The highest BCUT2D eigenvalue weighted by molar-refractivity contribution is 8.01. The van der Waals surface area contributed by atoms with Crippen molar-refractivity contribution in [1.29, 1.82) is 0 Å². The van der Waals surface area contributed by atoms with Crippen molar-refractivity contribution >= 4 is 40.8 Å². The highest BCUT2D eigenvalue weighted by Gasteiger charge is 2.36. The first kappa shape index (κ1) is 25.9. The maximum absolute atomic E-state index is 13.4. The molecule has 3 atom stereocenters. The summed E-state index contributed by atoms with van der Waals surface area (Å²) in [7, 11) is 1.53. The minimum atomic E-state index is -0.771. The quantitative estimate of drug-likeness (QED) is 0.213. The Morgan fingerprint density at radius 3 is 2.28 bits per heavy atom. The summed E-state index contributed by atoms with van der Waals surface area (Å²) in [4.78, 5) is 38.4. The topological polar surface area (TPSA) is 108 Å². The number of nitrogens with one attached hydrogen (secondary N) is 3. The van der Waals surface area contributed by atoms with E-state index < -0.39 is 23.8 Å². The third kappa shape index (κ3) is 7.96. The summed E-state index contributed by atoms with van der Waals surface area (Å²) < 4.78 is 1.02. The summed E-state index contributed by atoms with van der Waals surface area (Å²) in [5.74, 6) is -2.26. The Bertz CT molecular complexity index is 859. The van der Waals surface area contributed by atoms with E-state index in [1.54, 1.807) is 16.8 Å². The summed E-state index contributed by atoms with van der Waals surface area (Å²) in [6.45, 7) is 3.95. The zero-order chi connectivity index (χ0) is 23.5. The zero-order valence-electron chi connectivity index (χ0n) is 18.5. The molecule has 4 N–H and O–H groups in total. The highest BCUT2D eigenvalue weighted by atomic mass is 32.2. The van der Waals surface area contributed by atoms with Crippen LogP contribution in [0, 0.1) is 17.8 Å². The van der Waals surface area contributed by atoms with Gasteiger partial charge in [-0.2, -0.15) is 0 Å². The normalized spacial score (nSPS) is 13.8. The van der Waals surface area contributed by atoms with Crippen LogP contribution in [0.25, 0.3) is 0 Å². The lowest BCUT2D eigenvalue weighted by Gasteiger charge is -2.28. The van der Waals surface area contributed by atoms with Gasteiger partial charge in [0.1, 0.15) is 6.04 Å². The standard InChI is InChI=1S/C23H31N3O4S2/c1-15(2)12-17(18(22(28)26-30)14-32-20-10-7-11-31-20)21(27)25-19(23(29)24-3)13-16-8-5-4-6-9-16/h4-11,15,17-19,30H,12-14H2,1-3H3,(H,24,29)(H,25,27)(H,26,28)/t17-,18+,19-/m0/s1. The molecule has 0 spiro atoms. The summed E-state index contributed by atoms with van der Waals surface area (Å²) in [5, 5.41) is 16.7. The van der Waals surface area contributed by atoms with Gasteiger partial charge in [-0.05, 0) is 29.3 Å². The molecule has 1 heterocycles. The van der Waals surface area contributed by atoms with E-state index in [0.717, 1.165) is 9.77 Å². The molecule has 174 valence electrons. The van der Waals surface area contributed by atoms with Gasteiger partial charge >= 0.3 is 0 Å². The van der Waals surface area contributed by atoms with Crippen LogP contribution in [0.4, 0.5) is 0 Å². The lowest BCUT2D eigenvalue weighted by atomic mass is 9.84. The molecule has 0 saturated heterocycles. The predicted molar refractivity (Wildman–Crippen MR) is 128 cm³/mol. The van der Waals surface area contributed by atoms with E-state index in [0.29, 0.717) is 18.6 Å². The number of amides is 3. The molecule has 0 fully saturated rings. The second-order valence-corrected chi connectivity index (χ2v) is 10.2. The Morgan fingerprint density at radius 1 is 1.00 bits per heavy atom. The average molecular weight is 478 g/mol. The van der Waals surface area contributed by atoms with Gasteiger partial charge in [0, 0.05) is 19.2 Å². The Hall–Kier alpha value is -2.36. The van der Waals surface area contributed by atoms with Crippen molar-refractivity contribution in [3.05, 3.63) is 53.4 Å². The Labute approximate surface area is 197 Å². The number of thiophene rings is 1. The third-order valence-corrected chi connectivity index (χ3v) is 7.31. The van der Waals surface area contributed by atoms with Gasteiger partial charge in [-0.3, -0.25) is 19.6 Å². The average Bonchev–Trinajstić information content (AvgIpc) is 3.31. The van der Waals surface area contributed by atoms with Crippen LogP contribution in [0.3, 0.4) is 0 Å². The lowest BCUT2D eigenvalue weighted by molar-refractivity contribution is -0.140. The molecule has 2 rings (SSSR count). The number of carbonyl (C=O) groups is 3. The predicted octanol–water partition coefficient (Wildman–Crippen LogP) is 3.10. The maximum Gasteiger partial charge on any atom is 0.248 e. The van der Waals surface area contributed by atoms with Crippen LogP contribution in [-0.2, 0) is 20.8 Å². The number of hydroxylamine groups is 1. The number of thioether (sulfide) groups is 1. The van der Waals surface area contributed by atoms with Crippen molar-refractivity contribution in [2.75, 3.05) is 12.8 Å². The van der Waals surface area contributed by atoms with Crippen LogP contribution in [0.2, 0.25) is 0 Å².